The molecule has 0 saturated carbocycles. The molecule has 1 saturated heterocycles. The van der Waals surface area contributed by atoms with Crippen LogP contribution >= 0.6 is 0 Å². The maximum Gasteiger partial charge on any atom is 0.254 e. The molecule has 1 aromatic carbocycles. The second kappa shape index (κ2) is 6.99. The number of nitrogens with zero attached hydrogens (tertiary/aromatic N) is 3. The van der Waals surface area contributed by atoms with Crippen LogP contribution in [0.5, 0.6) is 0 Å². The van der Waals surface area contributed by atoms with E-state index >= 15 is 0 Å². The van der Waals surface area contributed by atoms with Gasteiger partial charge in [0, 0.05) is 37.8 Å². The van der Waals surface area contributed by atoms with E-state index in [4.69, 9.17) is 0 Å². The first kappa shape index (κ1) is 16.4. The molecule has 1 fully saturated rings. The Morgan fingerprint density at radius 1 is 1.29 bits per heavy atom. The predicted octanol–water partition coefficient (Wildman–Crippen LogP) is 2.86. The van der Waals surface area contributed by atoms with E-state index in [-0.39, 0.29) is 17.7 Å². The van der Waals surface area contributed by atoms with Crippen LogP contribution in [0, 0.1) is 0 Å². The number of hydrogen-bond acceptors (Lipinski definition) is 3. The first-order chi connectivity index (χ1) is 11.6. The minimum atomic E-state index is -0.0184. The first-order valence-corrected chi connectivity index (χ1v) is 8.51. The van der Waals surface area contributed by atoms with Crippen molar-refractivity contribution in [2.24, 2.45) is 7.05 Å². The van der Waals surface area contributed by atoms with Crippen molar-refractivity contribution in [2.45, 2.75) is 38.6 Å². The molecule has 5 nitrogen and oxygen atoms in total. The summed E-state index contributed by atoms with van der Waals surface area (Å²) in [5.41, 5.74) is 2.44. The molecule has 24 heavy (non-hydrogen) atoms. The molecule has 2 heterocycles. The van der Waals surface area contributed by atoms with Crippen LogP contribution in [-0.4, -0.2) is 39.0 Å². The third kappa shape index (κ3) is 3.25. The van der Waals surface area contributed by atoms with Gasteiger partial charge in [-0.3, -0.25) is 14.3 Å². The van der Waals surface area contributed by atoms with Gasteiger partial charge in [0.2, 0.25) is 0 Å². The molecular weight excluding hydrogens is 302 g/mol. The maximum absolute atomic E-state index is 13.0. The van der Waals surface area contributed by atoms with Gasteiger partial charge < -0.3 is 4.90 Å². The van der Waals surface area contributed by atoms with E-state index in [1.807, 2.05) is 29.2 Å². The summed E-state index contributed by atoms with van der Waals surface area (Å²) in [6, 6.07) is 7.73. The van der Waals surface area contributed by atoms with Crippen LogP contribution in [0.25, 0.3) is 0 Å². The van der Waals surface area contributed by atoms with Crippen molar-refractivity contribution < 1.29 is 9.59 Å². The minimum absolute atomic E-state index is 0.0184. The summed E-state index contributed by atoms with van der Waals surface area (Å²) in [5, 5.41) is 4.05. The molecule has 1 aliphatic heterocycles. The second-order valence-corrected chi connectivity index (χ2v) is 6.34. The Morgan fingerprint density at radius 2 is 2.08 bits per heavy atom. The number of aryl methyl sites for hydroxylation is 2. The number of hydrogen-bond donors (Lipinski definition) is 0. The lowest BCUT2D eigenvalue weighted by molar-refractivity contribution is 0.0716. The highest BCUT2D eigenvalue weighted by atomic mass is 16.2. The summed E-state index contributed by atoms with van der Waals surface area (Å²) in [4.78, 5) is 27.3. The molecule has 0 unspecified atom stereocenters. The Labute approximate surface area is 142 Å². The van der Waals surface area contributed by atoms with Crippen LogP contribution in [0.3, 0.4) is 0 Å². The summed E-state index contributed by atoms with van der Waals surface area (Å²) in [6.07, 6.45) is 6.35. The van der Waals surface area contributed by atoms with Gasteiger partial charge in [0.15, 0.2) is 5.78 Å². The molecule has 2 aromatic rings. The van der Waals surface area contributed by atoms with Crippen molar-refractivity contribution in [3.8, 4) is 0 Å². The summed E-state index contributed by atoms with van der Waals surface area (Å²) in [5.74, 6) is 0.102. The standard InChI is InChI=1S/C19H23N3O2/c1-3-14-7-4-5-9-17(14)19(24)22-10-6-8-16(22)11-18(23)15-12-20-21(2)13-15/h4-5,7,9,12-13,16H,3,6,8,10-11H2,1-2H3/t16-/m0/s1. The monoisotopic (exact) mass is 325 g/mol. The van der Waals surface area contributed by atoms with Gasteiger partial charge >= 0.3 is 0 Å². The number of benzene rings is 1. The zero-order valence-electron chi connectivity index (χ0n) is 14.2. The van der Waals surface area contributed by atoms with Gasteiger partial charge in [-0.2, -0.15) is 5.10 Å². The Kier molecular flexibility index (Phi) is 4.79. The van der Waals surface area contributed by atoms with E-state index in [0.29, 0.717) is 12.0 Å². The van der Waals surface area contributed by atoms with Crippen LogP contribution in [0.4, 0.5) is 0 Å². The van der Waals surface area contributed by atoms with Crippen molar-refractivity contribution >= 4 is 11.7 Å². The van der Waals surface area contributed by atoms with Crippen molar-refractivity contribution in [3.63, 3.8) is 0 Å². The fourth-order valence-corrected chi connectivity index (χ4v) is 3.40. The summed E-state index contributed by atoms with van der Waals surface area (Å²) in [6.45, 7) is 2.78. The van der Waals surface area contributed by atoms with Crippen LogP contribution in [0.1, 0.15) is 52.5 Å². The zero-order chi connectivity index (χ0) is 17.1. The lowest BCUT2D eigenvalue weighted by Gasteiger charge is -2.25. The Morgan fingerprint density at radius 3 is 2.79 bits per heavy atom. The SMILES string of the molecule is CCc1ccccc1C(=O)N1CCC[C@H]1CC(=O)c1cnn(C)c1. The Balaban J connectivity index is 1.75. The molecule has 0 bridgehead atoms. The fourth-order valence-electron chi connectivity index (χ4n) is 3.40. The van der Waals surface area contributed by atoms with Crippen LogP contribution in [0.15, 0.2) is 36.7 Å². The molecular formula is C19H23N3O2. The number of likely N-dealkylation sites (tertiary alicyclic amines) is 1. The number of ketones is 1. The average Bonchev–Trinajstić information content (AvgIpc) is 3.23. The number of Topliss-reactive ketones (excluding diaryl/α,β-unsaturated/α-hetero) is 1. The van der Waals surface area contributed by atoms with Crippen LogP contribution in [-0.2, 0) is 13.5 Å². The van der Waals surface area contributed by atoms with Crippen molar-refractivity contribution in [2.75, 3.05) is 6.54 Å². The molecule has 3 rings (SSSR count). The van der Waals surface area contributed by atoms with Crippen molar-refractivity contribution in [1.82, 2.24) is 14.7 Å². The van der Waals surface area contributed by atoms with E-state index in [0.717, 1.165) is 36.9 Å². The number of aromatic nitrogens is 2. The molecule has 0 spiro atoms. The largest absolute Gasteiger partial charge is 0.335 e. The number of rotatable bonds is 5. The van der Waals surface area contributed by atoms with Gasteiger partial charge in [0.1, 0.15) is 0 Å². The summed E-state index contributed by atoms with van der Waals surface area (Å²) < 4.78 is 1.63. The third-order valence-corrected chi connectivity index (χ3v) is 4.71. The smallest absolute Gasteiger partial charge is 0.254 e. The molecule has 126 valence electrons. The van der Waals surface area contributed by atoms with E-state index in [9.17, 15) is 9.59 Å². The topological polar surface area (TPSA) is 55.2 Å². The van der Waals surface area contributed by atoms with E-state index < -0.39 is 0 Å². The first-order valence-electron chi connectivity index (χ1n) is 8.51. The van der Waals surface area contributed by atoms with Gasteiger partial charge in [-0.05, 0) is 30.9 Å². The van der Waals surface area contributed by atoms with Gasteiger partial charge in [0.05, 0.1) is 11.8 Å². The summed E-state index contributed by atoms with van der Waals surface area (Å²) in [7, 11) is 1.80. The second-order valence-electron chi connectivity index (χ2n) is 6.34. The average molecular weight is 325 g/mol. The van der Waals surface area contributed by atoms with Gasteiger partial charge in [-0.15, -0.1) is 0 Å². The van der Waals surface area contributed by atoms with Gasteiger partial charge in [-0.25, -0.2) is 0 Å². The highest BCUT2D eigenvalue weighted by Gasteiger charge is 2.32. The molecule has 1 amide bonds. The number of carbonyl (C=O) groups excluding carboxylic acids is 2. The van der Waals surface area contributed by atoms with Gasteiger partial charge in [-0.1, -0.05) is 25.1 Å². The van der Waals surface area contributed by atoms with E-state index in [1.165, 1.54) is 0 Å². The molecule has 5 heteroatoms. The molecule has 0 aliphatic carbocycles. The molecule has 0 radical (unpaired) electrons. The van der Waals surface area contributed by atoms with E-state index in [1.54, 1.807) is 24.1 Å². The zero-order valence-corrected chi connectivity index (χ0v) is 14.2. The molecule has 1 aromatic heterocycles. The number of amides is 1. The Bertz CT molecular complexity index is 751. The minimum Gasteiger partial charge on any atom is -0.335 e. The van der Waals surface area contributed by atoms with Crippen LogP contribution < -0.4 is 0 Å². The predicted molar refractivity (Wildman–Crippen MR) is 92.0 cm³/mol. The molecule has 0 N–H and O–H groups in total. The molecule has 1 aliphatic rings. The van der Waals surface area contributed by atoms with E-state index in [2.05, 4.69) is 12.0 Å². The molecule has 1 atom stereocenters. The van der Waals surface area contributed by atoms with Crippen molar-refractivity contribution in [1.29, 1.82) is 0 Å². The fraction of sp³-hybridized carbons (Fsp3) is 0.421. The Hall–Kier alpha value is -2.43. The third-order valence-electron chi connectivity index (χ3n) is 4.71. The normalized spacial score (nSPS) is 17.2. The lowest BCUT2D eigenvalue weighted by atomic mass is 10.0. The van der Waals surface area contributed by atoms with Crippen molar-refractivity contribution in [3.05, 3.63) is 53.3 Å². The van der Waals surface area contributed by atoms with Gasteiger partial charge in [0.25, 0.3) is 5.91 Å². The summed E-state index contributed by atoms with van der Waals surface area (Å²) >= 11 is 0. The number of carbonyl (C=O) groups is 2. The highest BCUT2D eigenvalue weighted by molar-refractivity contribution is 5.98. The quantitative estimate of drug-likeness (QED) is 0.794. The maximum atomic E-state index is 13.0. The highest BCUT2D eigenvalue weighted by Crippen LogP contribution is 2.25. The lowest BCUT2D eigenvalue weighted by Crippen LogP contribution is -2.37. The van der Waals surface area contributed by atoms with Crippen LogP contribution in [0.2, 0.25) is 0 Å².